The summed E-state index contributed by atoms with van der Waals surface area (Å²) in [4.78, 5) is 13.1. The SMILES string of the molecule is CN=C(NCc1ccc(Oc2ccc(OC)cc2)nc1)NCc1coc(-c2ccccc2)n1.I. The molecule has 0 radical (unpaired) electrons. The molecule has 2 aromatic heterocycles. The zero-order valence-corrected chi connectivity index (χ0v) is 21.2. The molecule has 0 aliphatic carbocycles. The van der Waals surface area contributed by atoms with Gasteiger partial charge in [0.15, 0.2) is 5.96 Å². The van der Waals surface area contributed by atoms with E-state index in [1.54, 1.807) is 26.6 Å². The van der Waals surface area contributed by atoms with E-state index in [1.807, 2.05) is 66.7 Å². The van der Waals surface area contributed by atoms with E-state index in [2.05, 4.69) is 25.6 Å². The van der Waals surface area contributed by atoms with Gasteiger partial charge in [0.25, 0.3) is 0 Å². The zero-order valence-electron chi connectivity index (χ0n) is 18.9. The second-order valence-electron chi connectivity index (χ2n) is 7.07. The predicted octanol–water partition coefficient (Wildman–Crippen LogP) is 5.02. The van der Waals surface area contributed by atoms with Gasteiger partial charge in [-0.05, 0) is 42.0 Å². The highest BCUT2D eigenvalue weighted by molar-refractivity contribution is 14.0. The average molecular weight is 571 g/mol. The Hall–Kier alpha value is -3.60. The fourth-order valence-corrected chi connectivity index (χ4v) is 3.02. The molecular weight excluding hydrogens is 545 g/mol. The lowest BCUT2D eigenvalue weighted by Crippen LogP contribution is -2.36. The number of oxazole rings is 1. The Bertz CT molecular complexity index is 1180. The van der Waals surface area contributed by atoms with Gasteiger partial charge in [-0.3, -0.25) is 4.99 Å². The van der Waals surface area contributed by atoms with Crippen molar-refractivity contribution in [2.45, 2.75) is 13.1 Å². The number of guanidine groups is 1. The van der Waals surface area contributed by atoms with Crippen molar-refractivity contribution in [1.82, 2.24) is 20.6 Å². The molecule has 4 aromatic rings. The first-order valence-corrected chi connectivity index (χ1v) is 10.4. The molecule has 0 atom stereocenters. The Morgan fingerprint density at radius 3 is 2.35 bits per heavy atom. The van der Waals surface area contributed by atoms with Crippen LogP contribution in [0.4, 0.5) is 0 Å². The van der Waals surface area contributed by atoms with Crippen molar-refractivity contribution in [3.63, 3.8) is 0 Å². The van der Waals surface area contributed by atoms with Crippen molar-refractivity contribution >= 4 is 29.9 Å². The highest BCUT2D eigenvalue weighted by Gasteiger charge is 2.07. The summed E-state index contributed by atoms with van der Waals surface area (Å²) in [6, 6.07) is 20.9. The minimum atomic E-state index is 0. The van der Waals surface area contributed by atoms with Gasteiger partial charge >= 0.3 is 0 Å². The molecule has 2 heterocycles. The van der Waals surface area contributed by atoms with E-state index in [4.69, 9.17) is 13.9 Å². The highest BCUT2D eigenvalue weighted by Crippen LogP contribution is 2.22. The number of nitrogens with one attached hydrogen (secondary N) is 2. The number of rotatable bonds is 8. The van der Waals surface area contributed by atoms with Crippen molar-refractivity contribution in [2.24, 2.45) is 4.99 Å². The van der Waals surface area contributed by atoms with E-state index in [9.17, 15) is 0 Å². The van der Waals surface area contributed by atoms with Crippen LogP contribution in [0, 0.1) is 0 Å². The first-order valence-electron chi connectivity index (χ1n) is 10.4. The molecule has 0 unspecified atom stereocenters. The van der Waals surface area contributed by atoms with Crippen LogP contribution in [0.2, 0.25) is 0 Å². The van der Waals surface area contributed by atoms with Crippen LogP contribution in [0.3, 0.4) is 0 Å². The quantitative estimate of drug-likeness (QED) is 0.174. The molecule has 0 aliphatic heterocycles. The van der Waals surface area contributed by atoms with Crippen LogP contribution in [0.5, 0.6) is 17.4 Å². The molecule has 0 fully saturated rings. The fraction of sp³-hybridized carbons (Fsp3) is 0.160. The molecule has 4 rings (SSSR count). The monoisotopic (exact) mass is 571 g/mol. The van der Waals surface area contributed by atoms with Crippen molar-refractivity contribution in [2.75, 3.05) is 14.2 Å². The minimum absolute atomic E-state index is 0. The molecule has 0 saturated heterocycles. The average Bonchev–Trinajstić information content (AvgIpc) is 3.35. The third kappa shape index (κ3) is 6.95. The van der Waals surface area contributed by atoms with Gasteiger partial charge in [0.1, 0.15) is 17.8 Å². The van der Waals surface area contributed by atoms with Crippen LogP contribution < -0.4 is 20.1 Å². The van der Waals surface area contributed by atoms with Gasteiger partial charge in [-0.2, -0.15) is 0 Å². The minimum Gasteiger partial charge on any atom is -0.497 e. The Morgan fingerprint density at radius 1 is 0.941 bits per heavy atom. The predicted molar refractivity (Wildman–Crippen MR) is 142 cm³/mol. The number of pyridine rings is 1. The smallest absolute Gasteiger partial charge is 0.226 e. The summed E-state index contributed by atoms with van der Waals surface area (Å²) in [5, 5.41) is 6.50. The summed E-state index contributed by atoms with van der Waals surface area (Å²) in [5.74, 6) is 3.24. The fourth-order valence-electron chi connectivity index (χ4n) is 3.02. The number of nitrogens with zero attached hydrogens (tertiary/aromatic N) is 3. The second kappa shape index (κ2) is 12.6. The third-order valence-corrected chi connectivity index (χ3v) is 4.77. The molecule has 0 saturated carbocycles. The first-order chi connectivity index (χ1) is 16.2. The first kappa shape index (κ1) is 25.0. The molecule has 9 heteroatoms. The van der Waals surface area contributed by atoms with E-state index in [1.165, 1.54) is 0 Å². The maximum absolute atomic E-state index is 5.76. The zero-order chi connectivity index (χ0) is 22.9. The van der Waals surface area contributed by atoms with Crippen LogP contribution in [-0.4, -0.2) is 30.1 Å². The summed E-state index contributed by atoms with van der Waals surface area (Å²) in [5.41, 5.74) is 2.73. The molecule has 176 valence electrons. The van der Waals surface area contributed by atoms with Crippen LogP contribution in [0.15, 0.2) is 88.6 Å². The summed E-state index contributed by atoms with van der Waals surface area (Å²) in [6.45, 7) is 1.05. The highest BCUT2D eigenvalue weighted by atomic mass is 127. The van der Waals surface area contributed by atoms with E-state index in [-0.39, 0.29) is 24.0 Å². The summed E-state index contributed by atoms with van der Waals surface area (Å²) in [6.07, 6.45) is 3.41. The van der Waals surface area contributed by atoms with Gasteiger partial charge in [-0.15, -0.1) is 24.0 Å². The number of ether oxygens (including phenoxy) is 2. The number of hydrogen-bond donors (Lipinski definition) is 2. The lowest BCUT2D eigenvalue weighted by molar-refractivity contribution is 0.412. The number of methoxy groups -OCH3 is 1. The van der Waals surface area contributed by atoms with Gasteiger partial charge in [-0.1, -0.05) is 24.3 Å². The lowest BCUT2D eigenvalue weighted by atomic mass is 10.2. The number of halogens is 1. The molecule has 0 aliphatic rings. The van der Waals surface area contributed by atoms with Crippen molar-refractivity contribution < 1.29 is 13.9 Å². The molecular formula is C25H26IN5O3. The summed E-state index contributed by atoms with van der Waals surface area (Å²) < 4.78 is 16.5. The molecule has 2 N–H and O–H groups in total. The van der Waals surface area contributed by atoms with Gasteiger partial charge in [0.05, 0.1) is 19.3 Å². The maximum Gasteiger partial charge on any atom is 0.226 e. The van der Waals surface area contributed by atoms with Gasteiger partial charge < -0.3 is 24.5 Å². The Balaban J connectivity index is 0.00000324. The molecule has 2 aromatic carbocycles. The Kier molecular flexibility index (Phi) is 9.27. The van der Waals surface area contributed by atoms with E-state index in [0.29, 0.717) is 36.6 Å². The van der Waals surface area contributed by atoms with Gasteiger partial charge in [-0.25, -0.2) is 9.97 Å². The Labute approximate surface area is 215 Å². The standard InChI is InChI=1S/C25H25N5O3.HI/c1-26-25(29-16-20-17-32-24(30-20)19-6-4-3-5-7-19)28-15-18-8-13-23(27-14-18)33-22-11-9-21(31-2)10-12-22;/h3-14,17H,15-16H2,1-2H3,(H2,26,28,29);1H. The van der Waals surface area contributed by atoms with Crippen molar-refractivity contribution in [1.29, 1.82) is 0 Å². The molecule has 0 amide bonds. The topological polar surface area (TPSA) is 93.8 Å². The summed E-state index contributed by atoms with van der Waals surface area (Å²) in [7, 11) is 3.35. The molecule has 34 heavy (non-hydrogen) atoms. The summed E-state index contributed by atoms with van der Waals surface area (Å²) >= 11 is 0. The Morgan fingerprint density at radius 2 is 1.68 bits per heavy atom. The lowest BCUT2D eigenvalue weighted by Gasteiger charge is -2.11. The van der Waals surface area contributed by atoms with E-state index >= 15 is 0 Å². The molecule has 0 spiro atoms. The van der Waals surface area contributed by atoms with E-state index < -0.39 is 0 Å². The second-order valence-corrected chi connectivity index (χ2v) is 7.07. The van der Waals surface area contributed by atoms with Gasteiger partial charge in [0.2, 0.25) is 11.8 Å². The number of benzene rings is 2. The maximum atomic E-state index is 5.76. The van der Waals surface area contributed by atoms with Crippen LogP contribution in [0.25, 0.3) is 11.5 Å². The van der Waals surface area contributed by atoms with Crippen molar-refractivity contribution in [3.05, 3.63) is 90.4 Å². The molecule has 0 bridgehead atoms. The van der Waals surface area contributed by atoms with Gasteiger partial charge in [0, 0.05) is 31.4 Å². The van der Waals surface area contributed by atoms with Crippen LogP contribution in [0.1, 0.15) is 11.3 Å². The van der Waals surface area contributed by atoms with Crippen LogP contribution >= 0.6 is 24.0 Å². The largest absolute Gasteiger partial charge is 0.497 e. The van der Waals surface area contributed by atoms with E-state index in [0.717, 1.165) is 22.6 Å². The third-order valence-electron chi connectivity index (χ3n) is 4.77. The van der Waals surface area contributed by atoms with Crippen LogP contribution in [-0.2, 0) is 13.1 Å². The number of aliphatic imine (C=N–C) groups is 1. The van der Waals surface area contributed by atoms with Crippen molar-refractivity contribution in [3.8, 4) is 28.8 Å². The normalized spacial score (nSPS) is 10.8. The number of hydrogen-bond acceptors (Lipinski definition) is 6. The molecule has 8 nitrogen and oxygen atoms in total. The number of aromatic nitrogens is 2.